The number of imide groups is 1. The third kappa shape index (κ3) is 6.36. The molecule has 4 rings (SSSR count). The fourth-order valence-electron chi connectivity index (χ4n) is 3.24. The summed E-state index contributed by atoms with van der Waals surface area (Å²) in [4.78, 5) is 38.0. The van der Waals surface area contributed by atoms with E-state index in [0.717, 1.165) is 17.6 Å². The Hall–Kier alpha value is -3.00. The molecule has 0 spiro atoms. The van der Waals surface area contributed by atoms with Crippen molar-refractivity contribution in [2.75, 3.05) is 11.9 Å². The molecule has 0 saturated carbocycles. The first kappa shape index (κ1) is 25.1. The highest BCUT2D eigenvalue weighted by Gasteiger charge is 2.35. The number of nitrogens with zero attached hydrogens (tertiary/aromatic N) is 1. The minimum absolute atomic E-state index is 0.0285. The van der Waals surface area contributed by atoms with Gasteiger partial charge in [-0.15, -0.1) is 0 Å². The van der Waals surface area contributed by atoms with E-state index in [-0.39, 0.29) is 11.4 Å². The maximum Gasteiger partial charge on any atom is 0.329 e. The fraction of sp³-hybridized carbons (Fsp3) is 0.0800. The molecule has 0 atom stereocenters. The first-order valence-electron chi connectivity index (χ1n) is 10.4. The van der Waals surface area contributed by atoms with Crippen molar-refractivity contribution >= 4 is 74.8 Å². The van der Waals surface area contributed by atoms with Gasteiger partial charge in [-0.3, -0.25) is 9.59 Å². The third-order valence-electron chi connectivity index (χ3n) is 4.99. The average molecular weight is 697 g/mol. The van der Waals surface area contributed by atoms with Gasteiger partial charge in [0.05, 0.1) is 9.26 Å². The van der Waals surface area contributed by atoms with E-state index >= 15 is 0 Å². The Kier molecular flexibility index (Phi) is 8.00. The zero-order valence-electron chi connectivity index (χ0n) is 18.1. The van der Waals surface area contributed by atoms with Crippen LogP contribution in [0.25, 0.3) is 6.08 Å². The molecule has 35 heavy (non-hydrogen) atoms. The number of nitrogens with one attached hydrogen (secondary N) is 2. The van der Waals surface area contributed by atoms with Gasteiger partial charge < -0.3 is 15.4 Å². The number of carbonyl (C=O) groups excluding carboxylic acids is 3. The van der Waals surface area contributed by atoms with Crippen molar-refractivity contribution in [1.29, 1.82) is 0 Å². The number of halogens is 3. The van der Waals surface area contributed by atoms with Gasteiger partial charge in [0.15, 0.2) is 0 Å². The Balaban J connectivity index is 1.40. The molecular weight excluding hydrogens is 679 g/mol. The molecule has 1 aliphatic rings. The number of anilines is 1. The van der Waals surface area contributed by atoms with Crippen LogP contribution >= 0.6 is 45.2 Å². The van der Waals surface area contributed by atoms with Crippen LogP contribution < -0.4 is 15.4 Å². The number of hydrogen-bond acceptors (Lipinski definition) is 4. The van der Waals surface area contributed by atoms with Crippen LogP contribution in [0.15, 0.2) is 72.4 Å². The van der Waals surface area contributed by atoms with Gasteiger partial charge in [-0.2, -0.15) is 0 Å². The van der Waals surface area contributed by atoms with Crippen molar-refractivity contribution in [2.45, 2.75) is 6.61 Å². The van der Waals surface area contributed by atoms with E-state index in [1.54, 1.807) is 18.2 Å². The number of amides is 4. The number of para-hydroxylation sites is 1. The highest BCUT2D eigenvalue weighted by Crippen LogP contribution is 2.25. The molecule has 178 valence electrons. The van der Waals surface area contributed by atoms with Crippen LogP contribution in [-0.2, 0) is 16.2 Å². The Morgan fingerprint density at radius 3 is 2.51 bits per heavy atom. The fourth-order valence-corrected chi connectivity index (χ4v) is 4.30. The van der Waals surface area contributed by atoms with Crippen LogP contribution in [0.5, 0.6) is 5.75 Å². The first-order chi connectivity index (χ1) is 16.8. The van der Waals surface area contributed by atoms with Crippen molar-refractivity contribution in [3.05, 3.63) is 96.5 Å². The van der Waals surface area contributed by atoms with E-state index in [1.807, 2.05) is 30.3 Å². The number of rotatable bonds is 7. The highest BCUT2D eigenvalue weighted by molar-refractivity contribution is 14.1. The second-order valence-electron chi connectivity index (χ2n) is 7.51. The molecule has 0 aliphatic carbocycles. The average Bonchev–Trinajstić information content (AvgIpc) is 3.08. The lowest BCUT2D eigenvalue weighted by Crippen LogP contribution is -2.38. The summed E-state index contributed by atoms with van der Waals surface area (Å²) in [5, 5.41) is 4.84. The van der Waals surface area contributed by atoms with Crippen LogP contribution in [0.3, 0.4) is 0 Å². The van der Waals surface area contributed by atoms with Gasteiger partial charge in [-0.1, -0.05) is 30.3 Å². The van der Waals surface area contributed by atoms with Crippen LogP contribution in [0.4, 0.5) is 14.9 Å². The van der Waals surface area contributed by atoms with E-state index < -0.39 is 30.2 Å². The van der Waals surface area contributed by atoms with Crippen molar-refractivity contribution < 1.29 is 23.5 Å². The molecule has 10 heteroatoms. The third-order valence-corrected chi connectivity index (χ3v) is 6.55. The molecule has 0 radical (unpaired) electrons. The van der Waals surface area contributed by atoms with E-state index in [0.29, 0.717) is 17.9 Å². The molecule has 1 saturated heterocycles. The maximum absolute atomic E-state index is 13.7. The van der Waals surface area contributed by atoms with Crippen molar-refractivity contribution in [2.24, 2.45) is 0 Å². The number of urea groups is 1. The van der Waals surface area contributed by atoms with Crippen molar-refractivity contribution in [3.8, 4) is 5.75 Å². The van der Waals surface area contributed by atoms with Crippen LogP contribution in [0, 0.1) is 13.0 Å². The Labute approximate surface area is 228 Å². The maximum atomic E-state index is 13.7. The summed E-state index contributed by atoms with van der Waals surface area (Å²) >= 11 is 4.39. The second kappa shape index (κ2) is 11.2. The molecule has 3 aromatic rings. The number of ether oxygens (including phenoxy) is 1. The van der Waals surface area contributed by atoms with Gasteiger partial charge in [0, 0.05) is 3.57 Å². The van der Waals surface area contributed by atoms with Crippen molar-refractivity contribution in [3.63, 3.8) is 0 Å². The summed E-state index contributed by atoms with van der Waals surface area (Å²) in [5.74, 6) is -1.25. The monoisotopic (exact) mass is 697 g/mol. The van der Waals surface area contributed by atoms with E-state index in [4.69, 9.17) is 4.74 Å². The predicted octanol–water partition coefficient (Wildman–Crippen LogP) is 5.15. The summed E-state index contributed by atoms with van der Waals surface area (Å²) in [7, 11) is 0. The van der Waals surface area contributed by atoms with Gasteiger partial charge in [0.25, 0.3) is 5.91 Å². The lowest BCUT2D eigenvalue weighted by Gasteiger charge is -2.12. The van der Waals surface area contributed by atoms with Crippen LogP contribution in [0.1, 0.15) is 11.1 Å². The zero-order chi connectivity index (χ0) is 24.9. The van der Waals surface area contributed by atoms with Crippen LogP contribution in [0.2, 0.25) is 0 Å². The molecule has 0 bridgehead atoms. The predicted molar refractivity (Wildman–Crippen MR) is 146 cm³/mol. The molecule has 0 aromatic heterocycles. The SMILES string of the molecule is O=C(CN1C(=O)N/C(=C/c2ccc(OCc3ccc(I)cc3)c(I)c2)C1=O)Nc1ccccc1F. The number of hydrogen-bond donors (Lipinski definition) is 2. The van der Waals surface area contributed by atoms with Gasteiger partial charge >= 0.3 is 6.03 Å². The normalized spacial score (nSPS) is 14.3. The quantitative estimate of drug-likeness (QED) is 0.204. The molecule has 2 N–H and O–H groups in total. The number of benzene rings is 3. The molecule has 4 amide bonds. The Morgan fingerprint density at radius 2 is 1.80 bits per heavy atom. The van der Waals surface area contributed by atoms with Gasteiger partial charge in [-0.25, -0.2) is 14.1 Å². The van der Waals surface area contributed by atoms with Gasteiger partial charge in [0.1, 0.15) is 30.4 Å². The summed E-state index contributed by atoms with van der Waals surface area (Å²) in [6, 6.07) is 18.3. The highest BCUT2D eigenvalue weighted by atomic mass is 127. The van der Waals surface area contributed by atoms with E-state index in [1.165, 1.54) is 24.3 Å². The Morgan fingerprint density at radius 1 is 1.06 bits per heavy atom. The van der Waals surface area contributed by atoms with Gasteiger partial charge in [-0.05, 0) is 98.8 Å². The summed E-state index contributed by atoms with van der Waals surface area (Å²) < 4.78 is 21.6. The van der Waals surface area contributed by atoms with Gasteiger partial charge in [0.2, 0.25) is 5.91 Å². The summed E-state index contributed by atoms with van der Waals surface area (Å²) in [5.41, 5.74) is 1.74. The standard InChI is InChI=1S/C25H18FI2N3O4/c26-18-3-1-2-4-20(18)29-23(32)13-31-24(33)21(30-25(31)34)12-16-7-10-22(19(28)11-16)35-14-15-5-8-17(27)9-6-15/h1-12H,13-14H2,(H,29,32)(H,30,34)/b21-12+. The lowest BCUT2D eigenvalue weighted by atomic mass is 10.2. The van der Waals surface area contributed by atoms with Crippen LogP contribution in [-0.4, -0.2) is 29.3 Å². The molecule has 1 aliphatic heterocycles. The van der Waals surface area contributed by atoms with E-state index in [9.17, 15) is 18.8 Å². The molecular formula is C25H18FI2N3O4. The molecule has 0 unspecified atom stereocenters. The minimum atomic E-state index is -0.725. The molecule has 1 heterocycles. The topological polar surface area (TPSA) is 87.7 Å². The molecule has 1 fully saturated rings. The summed E-state index contributed by atoms with van der Waals surface area (Å²) in [6.07, 6.45) is 1.53. The first-order valence-corrected chi connectivity index (χ1v) is 12.5. The molecule has 3 aromatic carbocycles. The van der Waals surface area contributed by atoms with Crippen molar-refractivity contribution in [1.82, 2.24) is 10.2 Å². The zero-order valence-corrected chi connectivity index (χ0v) is 22.4. The second-order valence-corrected chi connectivity index (χ2v) is 9.92. The van der Waals surface area contributed by atoms with E-state index in [2.05, 4.69) is 55.8 Å². The molecule has 7 nitrogen and oxygen atoms in total. The smallest absolute Gasteiger partial charge is 0.329 e. The lowest BCUT2D eigenvalue weighted by molar-refractivity contribution is -0.127. The largest absolute Gasteiger partial charge is 0.488 e. The summed E-state index contributed by atoms with van der Waals surface area (Å²) in [6.45, 7) is -0.120. The Bertz CT molecular complexity index is 1330. The number of carbonyl (C=O) groups is 3. The minimum Gasteiger partial charge on any atom is -0.488 e.